The first-order valence-corrected chi connectivity index (χ1v) is 7.03. The summed E-state index contributed by atoms with van der Waals surface area (Å²) in [5.74, 6) is 0.0393. The van der Waals surface area contributed by atoms with Gasteiger partial charge in [0.25, 0.3) is 0 Å². The highest BCUT2D eigenvalue weighted by Crippen LogP contribution is 2.24. The van der Waals surface area contributed by atoms with E-state index in [1.54, 1.807) is 18.5 Å². The Bertz CT molecular complexity index is 446. The first kappa shape index (κ1) is 14.7. The molecular formula is C14H22N4O2. The number of aliphatic carboxylic acids is 1. The molecule has 1 saturated heterocycles. The molecule has 0 amide bonds. The molecule has 2 rings (SSSR count). The first-order chi connectivity index (χ1) is 9.55. The number of aromatic nitrogens is 2. The van der Waals surface area contributed by atoms with Gasteiger partial charge >= 0.3 is 5.97 Å². The van der Waals surface area contributed by atoms with Crippen molar-refractivity contribution in [3.63, 3.8) is 0 Å². The summed E-state index contributed by atoms with van der Waals surface area (Å²) in [4.78, 5) is 24.2. The minimum Gasteiger partial charge on any atom is -0.481 e. The molecule has 1 aliphatic heterocycles. The molecule has 6 heteroatoms. The Kier molecular flexibility index (Phi) is 4.54. The van der Waals surface area contributed by atoms with Crippen molar-refractivity contribution >= 4 is 11.9 Å². The molecule has 0 aliphatic carbocycles. The predicted molar refractivity (Wildman–Crippen MR) is 76.7 cm³/mol. The number of carbonyl (C=O) groups is 1. The Morgan fingerprint density at radius 1 is 1.30 bits per heavy atom. The highest BCUT2D eigenvalue weighted by atomic mass is 16.4. The summed E-state index contributed by atoms with van der Waals surface area (Å²) in [5.41, 5.74) is -0.661. The van der Waals surface area contributed by atoms with Crippen LogP contribution in [0.25, 0.3) is 0 Å². The molecule has 0 saturated carbocycles. The quantitative estimate of drug-likeness (QED) is 0.870. The van der Waals surface area contributed by atoms with E-state index in [-0.39, 0.29) is 0 Å². The fourth-order valence-corrected chi connectivity index (χ4v) is 2.38. The molecule has 1 unspecified atom stereocenters. The number of carboxylic acid groups (broad SMARTS) is 1. The van der Waals surface area contributed by atoms with Crippen LogP contribution in [0.4, 0.5) is 5.95 Å². The standard InChI is InChI=1S/C14H22N4O2/c1-3-14(2,12(19)20)11-17-7-9-18(10-8-17)13-15-5-4-6-16-13/h4-6H,3,7-11H2,1-2H3,(H,19,20). The van der Waals surface area contributed by atoms with Gasteiger partial charge in [0, 0.05) is 45.1 Å². The van der Waals surface area contributed by atoms with Crippen molar-refractivity contribution in [2.75, 3.05) is 37.6 Å². The molecule has 0 radical (unpaired) electrons. The Balaban J connectivity index is 1.90. The zero-order chi connectivity index (χ0) is 14.6. The largest absolute Gasteiger partial charge is 0.481 e. The second-order valence-corrected chi connectivity index (χ2v) is 5.53. The smallest absolute Gasteiger partial charge is 0.310 e. The zero-order valence-electron chi connectivity index (χ0n) is 12.1. The van der Waals surface area contributed by atoms with Crippen LogP contribution in [0.2, 0.25) is 0 Å². The lowest BCUT2D eigenvalue weighted by Crippen LogP contribution is -2.51. The minimum atomic E-state index is -0.714. The Labute approximate surface area is 119 Å². The van der Waals surface area contributed by atoms with Crippen LogP contribution < -0.4 is 4.90 Å². The Hall–Kier alpha value is -1.69. The lowest BCUT2D eigenvalue weighted by Gasteiger charge is -2.38. The van der Waals surface area contributed by atoms with Gasteiger partial charge in [0.15, 0.2) is 0 Å². The van der Waals surface area contributed by atoms with Crippen molar-refractivity contribution in [2.45, 2.75) is 20.3 Å². The van der Waals surface area contributed by atoms with Gasteiger partial charge in [0.05, 0.1) is 5.41 Å². The van der Waals surface area contributed by atoms with E-state index < -0.39 is 11.4 Å². The van der Waals surface area contributed by atoms with Crippen molar-refractivity contribution in [1.82, 2.24) is 14.9 Å². The summed E-state index contributed by atoms with van der Waals surface area (Å²) in [6.07, 6.45) is 4.13. The average Bonchev–Trinajstić information content (AvgIpc) is 2.48. The van der Waals surface area contributed by atoms with Gasteiger partial charge in [-0.2, -0.15) is 0 Å². The van der Waals surface area contributed by atoms with Crippen molar-refractivity contribution in [3.8, 4) is 0 Å². The molecule has 1 aliphatic rings. The number of piperazine rings is 1. The van der Waals surface area contributed by atoms with Gasteiger partial charge in [-0.1, -0.05) is 6.92 Å². The third kappa shape index (κ3) is 3.25. The molecule has 1 fully saturated rings. The van der Waals surface area contributed by atoms with Crippen molar-refractivity contribution in [3.05, 3.63) is 18.5 Å². The number of hydrogen-bond acceptors (Lipinski definition) is 5. The fraction of sp³-hybridized carbons (Fsp3) is 0.643. The summed E-state index contributed by atoms with van der Waals surface area (Å²) >= 11 is 0. The third-order valence-corrected chi connectivity index (χ3v) is 4.08. The topological polar surface area (TPSA) is 69.6 Å². The van der Waals surface area contributed by atoms with Crippen LogP contribution in [0.5, 0.6) is 0 Å². The van der Waals surface area contributed by atoms with E-state index in [1.807, 2.05) is 13.8 Å². The van der Waals surface area contributed by atoms with E-state index in [1.165, 1.54) is 0 Å². The van der Waals surface area contributed by atoms with E-state index in [9.17, 15) is 9.90 Å². The van der Waals surface area contributed by atoms with Crippen molar-refractivity contribution in [2.24, 2.45) is 5.41 Å². The normalized spacial score (nSPS) is 19.6. The Morgan fingerprint density at radius 3 is 2.40 bits per heavy atom. The number of carboxylic acids is 1. The first-order valence-electron chi connectivity index (χ1n) is 7.03. The number of anilines is 1. The third-order valence-electron chi connectivity index (χ3n) is 4.08. The van der Waals surface area contributed by atoms with Crippen LogP contribution in [-0.2, 0) is 4.79 Å². The molecule has 0 bridgehead atoms. The van der Waals surface area contributed by atoms with E-state index >= 15 is 0 Å². The zero-order valence-corrected chi connectivity index (χ0v) is 12.1. The molecule has 1 N–H and O–H groups in total. The van der Waals surface area contributed by atoms with Gasteiger partial charge in [-0.05, 0) is 19.4 Å². The summed E-state index contributed by atoms with van der Waals surface area (Å²) in [6.45, 7) is 7.72. The molecule has 0 spiro atoms. The molecule has 1 aromatic rings. The summed E-state index contributed by atoms with van der Waals surface area (Å²) in [7, 11) is 0. The van der Waals surface area contributed by atoms with Gasteiger partial charge in [-0.25, -0.2) is 9.97 Å². The maximum absolute atomic E-state index is 11.4. The molecular weight excluding hydrogens is 256 g/mol. The maximum atomic E-state index is 11.4. The Morgan fingerprint density at radius 2 is 1.90 bits per heavy atom. The lowest BCUT2D eigenvalue weighted by molar-refractivity contribution is -0.149. The van der Waals surface area contributed by atoms with Gasteiger partial charge < -0.3 is 10.0 Å². The molecule has 2 heterocycles. The summed E-state index contributed by atoms with van der Waals surface area (Å²) in [6, 6.07) is 1.80. The van der Waals surface area contributed by atoms with E-state index in [0.717, 1.165) is 32.1 Å². The van der Waals surface area contributed by atoms with Crippen molar-refractivity contribution < 1.29 is 9.90 Å². The van der Waals surface area contributed by atoms with Gasteiger partial charge in [0.1, 0.15) is 0 Å². The van der Waals surface area contributed by atoms with Gasteiger partial charge in [0.2, 0.25) is 5.95 Å². The van der Waals surface area contributed by atoms with E-state index in [4.69, 9.17) is 0 Å². The summed E-state index contributed by atoms with van der Waals surface area (Å²) in [5, 5.41) is 9.34. The summed E-state index contributed by atoms with van der Waals surface area (Å²) < 4.78 is 0. The lowest BCUT2D eigenvalue weighted by atomic mass is 9.87. The van der Waals surface area contributed by atoms with E-state index in [2.05, 4.69) is 19.8 Å². The average molecular weight is 278 g/mol. The molecule has 110 valence electrons. The van der Waals surface area contributed by atoms with Crippen LogP contribution in [0.15, 0.2) is 18.5 Å². The SMILES string of the molecule is CCC(C)(CN1CCN(c2ncccn2)CC1)C(=O)O. The van der Waals surface area contributed by atoms with Crippen LogP contribution in [0, 0.1) is 5.41 Å². The molecule has 1 aromatic heterocycles. The molecule has 1 atom stereocenters. The number of nitrogens with zero attached hydrogens (tertiary/aromatic N) is 4. The second kappa shape index (κ2) is 6.17. The molecule has 20 heavy (non-hydrogen) atoms. The maximum Gasteiger partial charge on any atom is 0.310 e. The molecule has 0 aromatic carbocycles. The second-order valence-electron chi connectivity index (χ2n) is 5.53. The van der Waals surface area contributed by atoms with Crippen LogP contribution in [0.1, 0.15) is 20.3 Å². The van der Waals surface area contributed by atoms with E-state index in [0.29, 0.717) is 13.0 Å². The van der Waals surface area contributed by atoms with Crippen LogP contribution in [-0.4, -0.2) is 58.7 Å². The predicted octanol–water partition coefficient (Wildman–Crippen LogP) is 1.10. The number of rotatable bonds is 5. The van der Waals surface area contributed by atoms with Crippen LogP contribution >= 0.6 is 0 Å². The van der Waals surface area contributed by atoms with Crippen molar-refractivity contribution in [1.29, 1.82) is 0 Å². The molecule has 6 nitrogen and oxygen atoms in total. The monoisotopic (exact) mass is 278 g/mol. The highest BCUT2D eigenvalue weighted by molar-refractivity contribution is 5.74. The highest BCUT2D eigenvalue weighted by Gasteiger charge is 2.34. The van der Waals surface area contributed by atoms with Gasteiger partial charge in [-0.3, -0.25) is 9.69 Å². The number of hydrogen-bond donors (Lipinski definition) is 1. The van der Waals surface area contributed by atoms with Crippen LogP contribution in [0.3, 0.4) is 0 Å². The minimum absolute atomic E-state index is 0.600. The van der Waals surface area contributed by atoms with Gasteiger partial charge in [-0.15, -0.1) is 0 Å². The fourth-order valence-electron chi connectivity index (χ4n) is 2.38.